The Balaban J connectivity index is 1.98. The molecule has 8 heteroatoms. The lowest BCUT2D eigenvalue weighted by atomic mass is 10.4. The Hall–Kier alpha value is -3.16. The number of nitrogens with zero attached hydrogens (tertiary/aromatic N) is 6. The van der Waals surface area contributed by atoms with Gasteiger partial charge in [0.05, 0.1) is 18.7 Å². The Morgan fingerprint density at radius 2 is 2.00 bits per heavy atom. The van der Waals surface area contributed by atoms with E-state index in [0.717, 1.165) is 23.0 Å². The van der Waals surface area contributed by atoms with Crippen LogP contribution in [0.25, 0.3) is 23.0 Å². The van der Waals surface area contributed by atoms with Crippen molar-refractivity contribution in [1.82, 2.24) is 39.3 Å². The minimum atomic E-state index is 0.729. The SMILES string of the molecule is c1cn(-n2c(-c3ncc[nH]3)cnc2-c2cnc[nH]2)cn1. The number of rotatable bonds is 3. The third kappa shape index (κ3) is 1.55. The molecule has 0 bridgehead atoms. The molecule has 0 radical (unpaired) electrons. The van der Waals surface area contributed by atoms with Crippen LogP contribution in [0.1, 0.15) is 0 Å². The molecular weight excluding hydrogens is 256 g/mol. The van der Waals surface area contributed by atoms with Crippen LogP contribution in [0.5, 0.6) is 0 Å². The molecule has 0 spiro atoms. The van der Waals surface area contributed by atoms with Crippen molar-refractivity contribution in [2.75, 3.05) is 0 Å². The molecule has 2 N–H and O–H groups in total. The molecule has 0 saturated heterocycles. The second kappa shape index (κ2) is 4.19. The van der Waals surface area contributed by atoms with Gasteiger partial charge in [-0.2, -0.15) is 0 Å². The highest BCUT2D eigenvalue weighted by atomic mass is 15.5. The van der Waals surface area contributed by atoms with Gasteiger partial charge in [0.15, 0.2) is 11.6 Å². The predicted molar refractivity (Wildman–Crippen MR) is 70.4 cm³/mol. The van der Waals surface area contributed by atoms with Crippen LogP contribution in [0.2, 0.25) is 0 Å². The molecule has 0 atom stereocenters. The van der Waals surface area contributed by atoms with E-state index in [1.165, 1.54) is 0 Å². The molecule has 0 saturated carbocycles. The lowest BCUT2D eigenvalue weighted by Gasteiger charge is -2.10. The Labute approximate surface area is 113 Å². The van der Waals surface area contributed by atoms with Gasteiger partial charge in [0.1, 0.15) is 17.7 Å². The van der Waals surface area contributed by atoms with Crippen molar-refractivity contribution in [2.45, 2.75) is 0 Å². The standard InChI is InChI=1S/C12H10N8/c1-2-16-11(15-1)10-6-17-12(9-5-14-7-18-9)20(10)19-4-3-13-8-19/h1-8H,(H,14,18)(H,15,16). The summed E-state index contributed by atoms with van der Waals surface area (Å²) in [6.07, 6.45) is 13.8. The quantitative estimate of drug-likeness (QED) is 0.582. The molecule has 0 unspecified atom stereocenters. The summed E-state index contributed by atoms with van der Waals surface area (Å²) in [6.45, 7) is 0. The number of nitrogens with one attached hydrogen (secondary N) is 2. The van der Waals surface area contributed by atoms with Crippen molar-refractivity contribution in [3.8, 4) is 23.0 Å². The summed E-state index contributed by atoms with van der Waals surface area (Å²) < 4.78 is 3.74. The Morgan fingerprint density at radius 3 is 2.70 bits per heavy atom. The Kier molecular flexibility index (Phi) is 2.25. The average Bonchev–Trinajstić information content (AvgIpc) is 3.23. The van der Waals surface area contributed by atoms with Crippen molar-refractivity contribution in [2.24, 2.45) is 0 Å². The Morgan fingerprint density at radius 1 is 1.00 bits per heavy atom. The third-order valence-electron chi connectivity index (χ3n) is 2.94. The zero-order valence-electron chi connectivity index (χ0n) is 10.3. The molecule has 0 aromatic carbocycles. The maximum atomic E-state index is 4.45. The first kappa shape index (κ1) is 10.7. The first-order valence-electron chi connectivity index (χ1n) is 5.98. The molecule has 0 aliphatic rings. The van der Waals surface area contributed by atoms with Crippen molar-refractivity contribution >= 4 is 0 Å². The summed E-state index contributed by atoms with van der Waals surface area (Å²) in [7, 11) is 0. The fraction of sp³-hybridized carbons (Fsp3) is 0. The second-order valence-corrected chi connectivity index (χ2v) is 4.12. The van der Waals surface area contributed by atoms with Gasteiger partial charge in [0, 0.05) is 24.8 Å². The van der Waals surface area contributed by atoms with Crippen LogP contribution < -0.4 is 0 Å². The van der Waals surface area contributed by atoms with Crippen molar-refractivity contribution in [3.05, 3.63) is 49.8 Å². The summed E-state index contributed by atoms with van der Waals surface area (Å²) in [5.74, 6) is 1.46. The highest BCUT2D eigenvalue weighted by Gasteiger charge is 2.16. The highest BCUT2D eigenvalue weighted by Crippen LogP contribution is 2.23. The van der Waals surface area contributed by atoms with Gasteiger partial charge in [0.25, 0.3) is 0 Å². The summed E-state index contributed by atoms with van der Waals surface area (Å²) in [5, 5.41) is 0. The highest BCUT2D eigenvalue weighted by molar-refractivity contribution is 5.58. The van der Waals surface area contributed by atoms with Crippen molar-refractivity contribution in [1.29, 1.82) is 0 Å². The molecule has 20 heavy (non-hydrogen) atoms. The summed E-state index contributed by atoms with van der Waals surface area (Å²) >= 11 is 0. The number of aromatic amines is 2. The summed E-state index contributed by atoms with van der Waals surface area (Å²) in [5.41, 5.74) is 1.65. The molecule has 4 rings (SSSR count). The van der Waals surface area contributed by atoms with Crippen LogP contribution in [-0.4, -0.2) is 39.3 Å². The molecule has 8 nitrogen and oxygen atoms in total. The number of aromatic nitrogens is 8. The van der Waals surface area contributed by atoms with Crippen LogP contribution in [0.15, 0.2) is 49.8 Å². The van der Waals surface area contributed by atoms with E-state index < -0.39 is 0 Å². The van der Waals surface area contributed by atoms with E-state index in [2.05, 4.69) is 29.9 Å². The number of hydrogen-bond acceptors (Lipinski definition) is 4. The zero-order chi connectivity index (χ0) is 13.4. The van der Waals surface area contributed by atoms with Gasteiger partial charge in [-0.25, -0.2) is 29.3 Å². The fourth-order valence-corrected chi connectivity index (χ4v) is 2.08. The molecule has 4 aromatic rings. The van der Waals surface area contributed by atoms with Gasteiger partial charge in [-0.15, -0.1) is 0 Å². The summed E-state index contributed by atoms with van der Waals surface area (Å²) in [4.78, 5) is 23.0. The lowest BCUT2D eigenvalue weighted by Crippen LogP contribution is -2.10. The van der Waals surface area contributed by atoms with Gasteiger partial charge in [-0.05, 0) is 0 Å². The van der Waals surface area contributed by atoms with Crippen LogP contribution in [0, 0.1) is 0 Å². The normalized spacial score (nSPS) is 11.0. The van der Waals surface area contributed by atoms with E-state index in [9.17, 15) is 0 Å². The van der Waals surface area contributed by atoms with E-state index in [1.807, 2.05) is 15.5 Å². The molecular formula is C12H10N8. The monoisotopic (exact) mass is 266 g/mol. The van der Waals surface area contributed by atoms with Gasteiger partial charge in [0.2, 0.25) is 0 Å². The smallest absolute Gasteiger partial charge is 0.178 e. The molecule has 4 heterocycles. The molecule has 98 valence electrons. The maximum Gasteiger partial charge on any atom is 0.178 e. The van der Waals surface area contributed by atoms with Gasteiger partial charge >= 0.3 is 0 Å². The minimum Gasteiger partial charge on any atom is -0.343 e. The molecule has 0 amide bonds. The van der Waals surface area contributed by atoms with Crippen LogP contribution in [-0.2, 0) is 0 Å². The maximum absolute atomic E-state index is 4.45. The Bertz CT molecular complexity index is 740. The molecule has 4 aromatic heterocycles. The average molecular weight is 266 g/mol. The van der Waals surface area contributed by atoms with E-state index in [0.29, 0.717) is 0 Å². The molecule has 0 aliphatic heterocycles. The first-order chi connectivity index (χ1) is 9.93. The summed E-state index contributed by atoms with van der Waals surface area (Å²) in [6, 6.07) is 0. The minimum absolute atomic E-state index is 0.729. The van der Waals surface area contributed by atoms with E-state index in [4.69, 9.17) is 0 Å². The predicted octanol–water partition coefficient (Wildman–Crippen LogP) is 1.17. The zero-order valence-corrected chi connectivity index (χ0v) is 10.3. The van der Waals surface area contributed by atoms with Gasteiger partial charge in [-0.3, -0.25) is 0 Å². The van der Waals surface area contributed by atoms with E-state index in [-0.39, 0.29) is 0 Å². The second-order valence-electron chi connectivity index (χ2n) is 4.12. The van der Waals surface area contributed by atoms with Crippen molar-refractivity contribution in [3.63, 3.8) is 0 Å². The van der Waals surface area contributed by atoms with E-state index in [1.54, 1.807) is 43.6 Å². The first-order valence-corrected chi connectivity index (χ1v) is 5.98. The molecule has 0 aliphatic carbocycles. The van der Waals surface area contributed by atoms with E-state index >= 15 is 0 Å². The van der Waals surface area contributed by atoms with Crippen LogP contribution in [0.3, 0.4) is 0 Å². The number of hydrogen-bond donors (Lipinski definition) is 2. The molecule has 0 fully saturated rings. The lowest BCUT2D eigenvalue weighted by molar-refractivity contribution is 0.668. The number of imidazole rings is 4. The largest absolute Gasteiger partial charge is 0.343 e. The van der Waals surface area contributed by atoms with Gasteiger partial charge in [-0.1, -0.05) is 0 Å². The topological polar surface area (TPSA) is 93.0 Å². The number of H-pyrrole nitrogens is 2. The fourth-order valence-electron chi connectivity index (χ4n) is 2.08. The van der Waals surface area contributed by atoms with Crippen LogP contribution in [0.4, 0.5) is 0 Å². The van der Waals surface area contributed by atoms with Crippen LogP contribution >= 0.6 is 0 Å². The third-order valence-corrected chi connectivity index (χ3v) is 2.94. The van der Waals surface area contributed by atoms with Gasteiger partial charge < -0.3 is 9.97 Å². The van der Waals surface area contributed by atoms with Crippen molar-refractivity contribution < 1.29 is 0 Å².